The van der Waals surface area contributed by atoms with Gasteiger partial charge in [0.1, 0.15) is 18.1 Å². The van der Waals surface area contributed by atoms with Crippen molar-refractivity contribution >= 4 is 11.6 Å². The molecule has 7 nitrogen and oxygen atoms in total. The van der Waals surface area contributed by atoms with Crippen molar-refractivity contribution < 1.29 is 19.2 Å². The van der Waals surface area contributed by atoms with Crippen LogP contribution in [0.4, 0.5) is 5.69 Å². The second-order valence-corrected chi connectivity index (χ2v) is 5.01. The number of para-hydroxylation sites is 1. The maximum Gasteiger partial charge on any atom is 0.272 e. The van der Waals surface area contributed by atoms with E-state index in [0.29, 0.717) is 24.5 Å². The molecule has 0 spiro atoms. The summed E-state index contributed by atoms with van der Waals surface area (Å²) in [6, 6.07) is 13.7. The van der Waals surface area contributed by atoms with Crippen molar-refractivity contribution in [2.75, 3.05) is 19.8 Å². The molecule has 2 aromatic rings. The highest BCUT2D eigenvalue weighted by molar-refractivity contribution is 5.77. The maximum atomic E-state index is 11.7. The van der Waals surface area contributed by atoms with Crippen LogP contribution in [0, 0.1) is 17.0 Å². The monoisotopic (exact) mass is 330 g/mol. The van der Waals surface area contributed by atoms with E-state index in [1.807, 2.05) is 30.3 Å². The molecule has 0 fully saturated rings. The summed E-state index contributed by atoms with van der Waals surface area (Å²) in [5, 5.41) is 13.4. The van der Waals surface area contributed by atoms with Crippen LogP contribution in [-0.4, -0.2) is 30.6 Å². The zero-order chi connectivity index (χ0) is 17.4. The van der Waals surface area contributed by atoms with Gasteiger partial charge in [0.15, 0.2) is 6.61 Å². The molecule has 126 valence electrons. The highest BCUT2D eigenvalue weighted by atomic mass is 16.6. The van der Waals surface area contributed by atoms with E-state index < -0.39 is 4.92 Å². The largest absolute Gasteiger partial charge is 0.492 e. The molecule has 0 unspecified atom stereocenters. The lowest BCUT2D eigenvalue weighted by Gasteiger charge is -2.09. The Hall–Kier alpha value is -3.09. The summed E-state index contributed by atoms with van der Waals surface area (Å²) in [5.74, 6) is 0.862. The van der Waals surface area contributed by atoms with Gasteiger partial charge in [0.25, 0.3) is 11.6 Å². The molecule has 1 amide bonds. The Morgan fingerprint density at radius 1 is 1.12 bits per heavy atom. The SMILES string of the molecule is Cc1cc(OCC(=O)NCCOc2ccccc2)ccc1[N+](=O)[O-]. The van der Waals surface area contributed by atoms with Crippen LogP contribution in [0.15, 0.2) is 48.5 Å². The molecule has 0 bridgehead atoms. The van der Waals surface area contributed by atoms with Gasteiger partial charge in [0, 0.05) is 11.6 Å². The number of nitrogens with zero attached hydrogens (tertiary/aromatic N) is 1. The van der Waals surface area contributed by atoms with E-state index in [4.69, 9.17) is 9.47 Å². The predicted octanol–water partition coefficient (Wildman–Crippen LogP) is 2.48. The lowest BCUT2D eigenvalue weighted by atomic mass is 10.2. The number of nitrogens with one attached hydrogen (secondary N) is 1. The molecule has 1 N–H and O–H groups in total. The first-order valence-corrected chi connectivity index (χ1v) is 7.38. The standard InChI is InChI=1S/C17H18N2O5/c1-13-11-15(7-8-16(13)19(21)22)24-12-17(20)18-9-10-23-14-5-3-2-4-6-14/h2-8,11H,9-10,12H2,1H3,(H,18,20). The Morgan fingerprint density at radius 3 is 2.54 bits per heavy atom. The number of ether oxygens (including phenoxy) is 2. The number of carbonyl (C=O) groups excluding carboxylic acids is 1. The molecule has 0 aliphatic heterocycles. The van der Waals surface area contributed by atoms with E-state index in [1.165, 1.54) is 18.2 Å². The van der Waals surface area contributed by atoms with E-state index in [2.05, 4.69) is 5.32 Å². The fraction of sp³-hybridized carbons (Fsp3) is 0.235. The van der Waals surface area contributed by atoms with Crippen molar-refractivity contribution in [2.45, 2.75) is 6.92 Å². The van der Waals surface area contributed by atoms with E-state index >= 15 is 0 Å². The Balaban J connectivity index is 1.69. The topological polar surface area (TPSA) is 90.7 Å². The van der Waals surface area contributed by atoms with Crippen LogP contribution in [0.2, 0.25) is 0 Å². The molecule has 0 heterocycles. The zero-order valence-corrected chi connectivity index (χ0v) is 13.2. The van der Waals surface area contributed by atoms with Gasteiger partial charge in [-0.3, -0.25) is 14.9 Å². The fourth-order valence-corrected chi connectivity index (χ4v) is 2.00. The van der Waals surface area contributed by atoms with Gasteiger partial charge >= 0.3 is 0 Å². The van der Waals surface area contributed by atoms with Crippen LogP contribution in [0.5, 0.6) is 11.5 Å². The Kier molecular flexibility index (Phi) is 6.13. The van der Waals surface area contributed by atoms with Gasteiger partial charge in [-0.1, -0.05) is 18.2 Å². The van der Waals surface area contributed by atoms with Gasteiger partial charge in [-0.05, 0) is 31.2 Å². The Bertz CT molecular complexity index is 703. The number of aryl methyl sites for hydroxylation is 1. The van der Waals surface area contributed by atoms with E-state index in [-0.39, 0.29) is 18.2 Å². The first kappa shape index (κ1) is 17.3. The smallest absolute Gasteiger partial charge is 0.272 e. The van der Waals surface area contributed by atoms with Crippen LogP contribution in [0.3, 0.4) is 0 Å². The third kappa shape index (κ3) is 5.28. The van der Waals surface area contributed by atoms with Crippen molar-refractivity contribution in [3.05, 3.63) is 64.2 Å². The minimum Gasteiger partial charge on any atom is -0.492 e. The number of amides is 1. The lowest BCUT2D eigenvalue weighted by molar-refractivity contribution is -0.385. The summed E-state index contributed by atoms with van der Waals surface area (Å²) in [7, 11) is 0. The molecule has 0 atom stereocenters. The van der Waals surface area contributed by atoms with Crippen LogP contribution in [-0.2, 0) is 4.79 Å². The molecule has 2 rings (SSSR count). The molecule has 24 heavy (non-hydrogen) atoms. The second kappa shape index (κ2) is 8.52. The molecule has 0 aliphatic carbocycles. The summed E-state index contributed by atoms with van der Waals surface area (Å²) in [5.41, 5.74) is 0.499. The number of benzene rings is 2. The molecular formula is C17H18N2O5. The lowest BCUT2D eigenvalue weighted by Crippen LogP contribution is -2.32. The first-order chi connectivity index (χ1) is 11.6. The van der Waals surface area contributed by atoms with Crippen molar-refractivity contribution in [3.63, 3.8) is 0 Å². The van der Waals surface area contributed by atoms with Crippen molar-refractivity contribution in [2.24, 2.45) is 0 Å². The van der Waals surface area contributed by atoms with Gasteiger partial charge in [-0.25, -0.2) is 0 Å². The highest BCUT2D eigenvalue weighted by Gasteiger charge is 2.11. The van der Waals surface area contributed by atoms with Gasteiger partial charge in [0.05, 0.1) is 11.5 Å². The van der Waals surface area contributed by atoms with Crippen molar-refractivity contribution in [1.82, 2.24) is 5.32 Å². The predicted molar refractivity (Wildman–Crippen MR) is 88.3 cm³/mol. The quantitative estimate of drug-likeness (QED) is 0.456. The maximum absolute atomic E-state index is 11.7. The van der Waals surface area contributed by atoms with Gasteiger partial charge in [0.2, 0.25) is 0 Å². The summed E-state index contributed by atoms with van der Waals surface area (Å²) in [6.07, 6.45) is 0. The third-order valence-corrected chi connectivity index (χ3v) is 3.17. The van der Waals surface area contributed by atoms with Gasteiger partial charge in [-0.15, -0.1) is 0 Å². The van der Waals surface area contributed by atoms with Crippen molar-refractivity contribution in [1.29, 1.82) is 0 Å². The number of hydrogen-bond donors (Lipinski definition) is 1. The van der Waals surface area contributed by atoms with E-state index in [9.17, 15) is 14.9 Å². The summed E-state index contributed by atoms with van der Waals surface area (Å²) in [4.78, 5) is 22.0. The molecular weight excluding hydrogens is 312 g/mol. The van der Waals surface area contributed by atoms with Crippen molar-refractivity contribution in [3.8, 4) is 11.5 Å². The number of nitro groups is 1. The van der Waals surface area contributed by atoms with E-state index in [1.54, 1.807) is 6.92 Å². The fourth-order valence-electron chi connectivity index (χ4n) is 2.00. The van der Waals surface area contributed by atoms with Gasteiger partial charge in [-0.2, -0.15) is 0 Å². The molecule has 2 aromatic carbocycles. The van der Waals surface area contributed by atoms with Gasteiger partial charge < -0.3 is 14.8 Å². The number of nitro benzene ring substituents is 1. The normalized spacial score (nSPS) is 10.0. The molecule has 0 radical (unpaired) electrons. The number of carbonyl (C=O) groups is 1. The average Bonchev–Trinajstić information content (AvgIpc) is 2.57. The molecule has 0 aromatic heterocycles. The molecule has 0 aliphatic rings. The first-order valence-electron chi connectivity index (χ1n) is 7.38. The second-order valence-electron chi connectivity index (χ2n) is 5.01. The average molecular weight is 330 g/mol. The van der Waals surface area contributed by atoms with E-state index in [0.717, 1.165) is 5.75 Å². The van der Waals surface area contributed by atoms with Crippen LogP contribution < -0.4 is 14.8 Å². The summed E-state index contributed by atoms with van der Waals surface area (Å²) < 4.78 is 10.8. The minimum absolute atomic E-state index is 0.0184. The third-order valence-electron chi connectivity index (χ3n) is 3.17. The van der Waals surface area contributed by atoms with Crippen LogP contribution in [0.1, 0.15) is 5.56 Å². The van der Waals surface area contributed by atoms with Crippen LogP contribution in [0.25, 0.3) is 0 Å². The Morgan fingerprint density at radius 2 is 1.88 bits per heavy atom. The summed E-state index contributed by atoms with van der Waals surface area (Å²) >= 11 is 0. The zero-order valence-electron chi connectivity index (χ0n) is 13.2. The number of rotatable bonds is 8. The highest BCUT2D eigenvalue weighted by Crippen LogP contribution is 2.22. The summed E-state index contributed by atoms with van der Waals surface area (Å²) in [6.45, 7) is 2.16. The van der Waals surface area contributed by atoms with Crippen LogP contribution >= 0.6 is 0 Å². The Labute approximate surface area is 139 Å². The molecule has 0 saturated carbocycles. The molecule has 7 heteroatoms. The number of hydrogen-bond acceptors (Lipinski definition) is 5. The molecule has 0 saturated heterocycles. The minimum atomic E-state index is -0.460.